The van der Waals surface area contributed by atoms with Gasteiger partial charge in [-0.1, -0.05) is 59.3 Å². The Bertz CT molecular complexity index is 1190. The molecule has 0 fully saturated rings. The number of carbonyl (C=O) groups is 1. The number of aryl methyl sites for hydroxylation is 1. The fourth-order valence-electron chi connectivity index (χ4n) is 3.94. The molecule has 0 bridgehead atoms. The Balaban J connectivity index is 1.38. The van der Waals surface area contributed by atoms with E-state index in [4.69, 9.17) is 0 Å². The Kier molecular flexibility index (Phi) is 4.35. The number of hydrogen-bond donors (Lipinski definition) is 0. The molecule has 1 aliphatic heterocycles. The van der Waals surface area contributed by atoms with E-state index in [9.17, 15) is 4.79 Å². The molecule has 5 nitrogen and oxygen atoms in total. The summed E-state index contributed by atoms with van der Waals surface area (Å²) >= 11 is 0. The third-order valence-electron chi connectivity index (χ3n) is 5.63. The van der Waals surface area contributed by atoms with Gasteiger partial charge < -0.3 is 4.90 Å². The molecule has 1 aromatic heterocycles. The van der Waals surface area contributed by atoms with Crippen molar-refractivity contribution in [3.8, 4) is 0 Å². The number of nitrogens with zero attached hydrogens (tertiary/aromatic N) is 4. The lowest BCUT2D eigenvalue weighted by molar-refractivity contribution is 0.0735. The first-order valence-electron chi connectivity index (χ1n) is 9.92. The number of amides is 1. The lowest BCUT2D eigenvalue weighted by Crippen LogP contribution is -2.35. The van der Waals surface area contributed by atoms with Crippen molar-refractivity contribution in [1.29, 1.82) is 0 Å². The van der Waals surface area contributed by atoms with Gasteiger partial charge in [0, 0.05) is 18.7 Å². The largest absolute Gasteiger partial charge is 0.334 e. The van der Waals surface area contributed by atoms with Gasteiger partial charge in [-0.25, -0.2) is 4.68 Å². The van der Waals surface area contributed by atoms with Gasteiger partial charge in [-0.15, -0.1) is 5.10 Å². The van der Waals surface area contributed by atoms with E-state index in [1.807, 2.05) is 33.8 Å². The normalized spacial score (nSPS) is 13.5. The third kappa shape index (κ3) is 3.40. The fourth-order valence-corrected chi connectivity index (χ4v) is 3.94. The minimum absolute atomic E-state index is 0.0505. The highest BCUT2D eigenvalue weighted by Crippen LogP contribution is 2.22. The van der Waals surface area contributed by atoms with Crippen molar-refractivity contribution < 1.29 is 4.79 Å². The van der Waals surface area contributed by atoms with Crippen LogP contribution in [0.4, 0.5) is 0 Å². The summed E-state index contributed by atoms with van der Waals surface area (Å²) in [7, 11) is 0. The molecule has 144 valence electrons. The molecule has 0 spiro atoms. The molecule has 3 aromatic carbocycles. The van der Waals surface area contributed by atoms with Gasteiger partial charge in [0.2, 0.25) is 0 Å². The van der Waals surface area contributed by atoms with Gasteiger partial charge in [0.25, 0.3) is 5.91 Å². The van der Waals surface area contributed by atoms with Gasteiger partial charge in [-0.2, -0.15) is 0 Å². The Hall–Kier alpha value is -3.47. The first-order valence-corrected chi connectivity index (χ1v) is 9.92. The second-order valence-corrected chi connectivity index (χ2v) is 7.68. The van der Waals surface area contributed by atoms with Gasteiger partial charge >= 0.3 is 0 Å². The van der Waals surface area contributed by atoms with Crippen LogP contribution in [0.15, 0.2) is 66.7 Å². The average Bonchev–Trinajstić information content (AvgIpc) is 3.16. The van der Waals surface area contributed by atoms with Crippen LogP contribution in [0.2, 0.25) is 0 Å². The van der Waals surface area contributed by atoms with Crippen molar-refractivity contribution in [2.45, 2.75) is 26.4 Å². The molecule has 5 rings (SSSR count). The molecule has 5 heteroatoms. The van der Waals surface area contributed by atoms with E-state index in [1.54, 1.807) is 0 Å². The zero-order valence-corrected chi connectivity index (χ0v) is 16.4. The molecule has 0 saturated carbocycles. The predicted molar refractivity (Wildman–Crippen MR) is 113 cm³/mol. The fraction of sp³-hybridized carbons (Fsp3) is 0.208. The van der Waals surface area contributed by atoms with Crippen molar-refractivity contribution in [2.24, 2.45) is 0 Å². The summed E-state index contributed by atoms with van der Waals surface area (Å²) in [6.07, 6.45) is 0.900. The monoisotopic (exact) mass is 382 g/mol. The summed E-state index contributed by atoms with van der Waals surface area (Å²) in [6, 6.07) is 22.5. The quantitative estimate of drug-likeness (QED) is 0.538. The lowest BCUT2D eigenvalue weighted by atomic mass is 9.99. The van der Waals surface area contributed by atoms with E-state index in [0.29, 0.717) is 18.7 Å². The van der Waals surface area contributed by atoms with Crippen LogP contribution < -0.4 is 0 Å². The van der Waals surface area contributed by atoms with Crippen LogP contribution in [-0.2, 0) is 19.5 Å². The summed E-state index contributed by atoms with van der Waals surface area (Å²) < 4.78 is 1.88. The molecule has 29 heavy (non-hydrogen) atoms. The molecule has 0 N–H and O–H groups in total. The van der Waals surface area contributed by atoms with Crippen LogP contribution in [-0.4, -0.2) is 32.3 Å². The van der Waals surface area contributed by atoms with Crippen molar-refractivity contribution in [3.63, 3.8) is 0 Å². The molecule has 0 atom stereocenters. The topological polar surface area (TPSA) is 51.0 Å². The molecular weight excluding hydrogens is 360 g/mol. The van der Waals surface area contributed by atoms with E-state index in [-0.39, 0.29) is 5.91 Å². The maximum Gasteiger partial charge on any atom is 0.254 e. The number of benzene rings is 3. The summed E-state index contributed by atoms with van der Waals surface area (Å²) in [5.41, 5.74) is 7.34. The smallest absolute Gasteiger partial charge is 0.254 e. The highest BCUT2D eigenvalue weighted by molar-refractivity contribution is 5.97. The van der Waals surface area contributed by atoms with Crippen LogP contribution in [0.5, 0.6) is 0 Å². The van der Waals surface area contributed by atoms with E-state index >= 15 is 0 Å². The molecule has 2 heterocycles. The van der Waals surface area contributed by atoms with Crippen molar-refractivity contribution in [2.75, 3.05) is 6.54 Å². The Morgan fingerprint density at radius 1 is 1.00 bits per heavy atom. The molecular formula is C24H22N4O. The van der Waals surface area contributed by atoms with Crippen LogP contribution in [0.1, 0.15) is 32.6 Å². The summed E-state index contributed by atoms with van der Waals surface area (Å²) in [4.78, 5) is 15.0. The Morgan fingerprint density at radius 2 is 1.79 bits per heavy atom. The average molecular weight is 382 g/mol. The predicted octanol–water partition coefficient (Wildman–Crippen LogP) is 3.99. The minimum atomic E-state index is 0.0505. The number of hydrogen-bond acceptors (Lipinski definition) is 3. The second kappa shape index (κ2) is 7.17. The van der Waals surface area contributed by atoms with Gasteiger partial charge in [0.15, 0.2) is 0 Å². The van der Waals surface area contributed by atoms with Crippen molar-refractivity contribution >= 4 is 16.9 Å². The zero-order valence-electron chi connectivity index (χ0n) is 16.4. The van der Waals surface area contributed by atoms with E-state index in [0.717, 1.165) is 24.0 Å². The number of carbonyl (C=O) groups excluding carboxylic acids is 1. The van der Waals surface area contributed by atoms with Crippen LogP contribution in [0.25, 0.3) is 11.0 Å². The lowest BCUT2D eigenvalue weighted by Gasteiger charge is -2.29. The Labute approximate surface area is 169 Å². The molecule has 0 radical (unpaired) electrons. The molecule has 1 amide bonds. The minimum Gasteiger partial charge on any atom is -0.334 e. The Morgan fingerprint density at radius 3 is 2.62 bits per heavy atom. The van der Waals surface area contributed by atoms with Crippen LogP contribution in [0.3, 0.4) is 0 Å². The molecule has 0 saturated heterocycles. The number of aromatic nitrogens is 3. The van der Waals surface area contributed by atoms with Crippen LogP contribution >= 0.6 is 0 Å². The summed E-state index contributed by atoms with van der Waals surface area (Å²) in [6.45, 7) is 4.14. The summed E-state index contributed by atoms with van der Waals surface area (Å²) in [5, 5.41) is 8.60. The third-order valence-corrected chi connectivity index (χ3v) is 5.63. The zero-order chi connectivity index (χ0) is 19.8. The standard InChI is InChI=1S/C24H22N4O/c1-17-6-8-18(9-7-17)15-28-23-11-10-20(14-22(23)25-26-28)24(29)27-13-12-19-4-2-3-5-21(19)16-27/h2-11,14H,12-13,15-16H2,1H3. The van der Waals surface area contributed by atoms with Crippen molar-refractivity contribution in [3.05, 3.63) is 94.5 Å². The highest BCUT2D eigenvalue weighted by Gasteiger charge is 2.22. The first kappa shape index (κ1) is 17.6. The van der Waals surface area contributed by atoms with E-state index in [2.05, 4.69) is 59.7 Å². The molecule has 4 aromatic rings. The molecule has 1 aliphatic rings. The highest BCUT2D eigenvalue weighted by atomic mass is 16.2. The van der Waals surface area contributed by atoms with E-state index < -0.39 is 0 Å². The first-order chi connectivity index (χ1) is 14.2. The van der Waals surface area contributed by atoms with Crippen molar-refractivity contribution in [1.82, 2.24) is 19.9 Å². The number of rotatable bonds is 3. The van der Waals surface area contributed by atoms with Gasteiger partial charge in [-0.05, 0) is 48.2 Å². The van der Waals surface area contributed by atoms with Gasteiger partial charge in [0.1, 0.15) is 5.52 Å². The van der Waals surface area contributed by atoms with E-state index in [1.165, 1.54) is 22.3 Å². The second-order valence-electron chi connectivity index (χ2n) is 7.68. The van der Waals surface area contributed by atoms with Gasteiger partial charge in [0.05, 0.1) is 12.1 Å². The maximum absolute atomic E-state index is 13.1. The van der Waals surface area contributed by atoms with Crippen LogP contribution in [0, 0.1) is 6.92 Å². The summed E-state index contributed by atoms with van der Waals surface area (Å²) in [5.74, 6) is 0.0505. The SMILES string of the molecule is Cc1ccc(Cn2nnc3cc(C(=O)N4CCc5ccccc5C4)ccc32)cc1. The molecule has 0 aliphatic carbocycles. The molecule has 0 unspecified atom stereocenters. The maximum atomic E-state index is 13.1. The number of fused-ring (bicyclic) bond motifs is 2. The van der Waals surface area contributed by atoms with Gasteiger partial charge in [-0.3, -0.25) is 4.79 Å².